The lowest BCUT2D eigenvalue weighted by Gasteiger charge is -2.36. The first-order valence-corrected chi connectivity index (χ1v) is 7.98. The van der Waals surface area contributed by atoms with Gasteiger partial charge >= 0.3 is 5.97 Å². The topological polar surface area (TPSA) is 110 Å². The summed E-state index contributed by atoms with van der Waals surface area (Å²) < 4.78 is 0. The second kappa shape index (κ2) is 6.59. The average Bonchev–Trinajstić information content (AvgIpc) is 2.49. The van der Waals surface area contributed by atoms with Gasteiger partial charge in [-0.05, 0) is 57.1 Å². The van der Waals surface area contributed by atoms with Crippen LogP contribution in [0.4, 0.5) is 5.69 Å². The molecule has 0 spiro atoms. The molecule has 1 aromatic carbocycles. The first-order chi connectivity index (χ1) is 11.2. The lowest BCUT2D eigenvalue weighted by Crippen LogP contribution is -2.56. The third-order valence-electron chi connectivity index (χ3n) is 4.87. The van der Waals surface area contributed by atoms with E-state index in [1.807, 2.05) is 0 Å². The Morgan fingerprint density at radius 2 is 1.83 bits per heavy atom. The van der Waals surface area contributed by atoms with Gasteiger partial charge in [0.2, 0.25) is 0 Å². The Morgan fingerprint density at radius 1 is 1.25 bits per heavy atom. The Labute approximate surface area is 140 Å². The Kier molecular flexibility index (Phi) is 4.91. The molecule has 1 saturated carbocycles. The van der Waals surface area contributed by atoms with Crippen molar-refractivity contribution in [3.8, 4) is 0 Å². The Hall–Kier alpha value is -2.44. The van der Waals surface area contributed by atoms with Gasteiger partial charge in [-0.2, -0.15) is 0 Å². The number of carbonyl (C=O) groups is 2. The quantitative estimate of drug-likeness (QED) is 0.650. The number of nitrogens with zero attached hydrogens (tertiary/aromatic N) is 1. The van der Waals surface area contributed by atoms with Crippen LogP contribution >= 0.6 is 0 Å². The molecule has 0 atom stereocenters. The summed E-state index contributed by atoms with van der Waals surface area (Å²) in [6.45, 7) is 5.34. The second-order valence-electron chi connectivity index (χ2n) is 6.73. The van der Waals surface area contributed by atoms with Crippen LogP contribution in [0.5, 0.6) is 0 Å². The van der Waals surface area contributed by atoms with Gasteiger partial charge in [0.05, 0.1) is 4.92 Å². The summed E-state index contributed by atoms with van der Waals surface area (Å²) >= 11 is 0. The predicted octanol–water partition coefficient (Wildman–Crippen LogP) is 2.97. The number of benzene rings is 1. The van der Waals surface area contributed by atoms with Crippen molar-refractivity contribution in [2.45, 2.75) is 52.0 Å². The fourth-order valence-electron chi connectivity index (χ4n) is 3.21. The number of carboxylic acid groups (broad SMARTS) is 1. The lowest BCUT2D eigenvalue weighted by atomic mass is 9.77. The number of nitrogens with one attached hydrogen (secondary N) is 1. The maximum absolute atomic E-state index is 12.6. The Balaban J connectivity index is 2.33. The SMILES string of the molecule is Cc1cc(C)c([N+](=O)[O-])cc1C(=O)NC1(C(=O)O)CCC(C)CC1. The predicted molar refractivity (Wildman–Crippen MR) is 88.0 cm³/mol. The summed E-state index contributed by atoms with van der Waals surface area (Å²) in [4.78, 5) is 34.9. The number of hydrogen-bond acceptors (Lipinski definition) is 4. The number of nitro benzene ring substituents is 1. The van der Waals surface area contributed by atoms with Crippen molar-refractivity contribution in [3.05, 3.63) is 38.9 Å². The van der Waals surface area contributed by atoms with Gasteiger partial charge in [-0.15, -0.1) is 0 Å². The van der Waals surface area contributed by atoms with Crippen LogP contribution in [0, 0.1) is 29.9 Å². The zero-order chi connectivity index (χ0) is 18.1. The van der Waals surface area contributed by atoms with Crippen molar-refractivity contribution >= 4 is 17.6 Å². The number of amides is 1. The zero-order valence-corrected chi connectivity index (χ0v) is 14.1. The molecule has 0 aliphatic heterocycles. The first kappa shape index (κ1) is 17.9. The van der Waals surface area contributed by atoms with Crippen LogP contribution in [-0.2, 0) is 4.79 Å². The minimum atomic E-state index is -1.30. The van der Waals surface area contributed by atoms with Crippen molar-refractivity contribution in [2.24, 2.45) is 5.92 Å². The minimum Gasteiger partial charge on any atom is -0.480 e. The fraction of sp³-hybridized carbons (Fsp3) is 0.529. The molecule has 1 fully saturated rings. The largest absolute Gasteiger partial charge is 0.480 e. The Bertz CT molecular complexity index is 690. The van der Waals surface area contributed by atoms with E-state index in [1.165, 1.54) is 6.07 Å². The number of hydrogen-bond donors (Lipinski definition) is 2. The summed E-state index contributed by atoms with van der Waals surface area (Å²) in [6, 6.07) is 2.80. The molecule has 2 rings (SSSR count). The summed E-state index contributed by atoms with van der Waals surface area (Å²) in [5.41, 5.74) is -0.247. The highest BCUT2D eigenvalue weighted by atomic mass is 16.6. The van der Waals surface area contributed by atoms with E-state index in [-0.39, 0.29) is 11.3 Å². The van der Waals surface area contributed by atoms with Gasteiger partial charge in [-0.3, -0.25) is 14.9 Å². The van der Waals surface area contributed by atoms with Gasteiger partial charge in [0.15, 0.2) is 0 Å². The molecule has 0 heterocycles. The highest BCUT2D eigenvalue weighted by molar-refractivity contribution is 5.99. The smallest absolute Gasteiger partial charge is 0.329 e. The maximum Gasteiger partial charge on any atom is 0.329 e. The molecule has 7 nitrogen and oxygen atoms in total. The monoisotopic (exact) mass is 334 g/mol. The molecular weight excluding hydrogens is 312 g/mol. The molecule has 7 heteroatoms. The van der Waals surface area contributed by atoms with Gasteiger partial charge in [0, 0.05) is 17.2 Å². The highest BCUT2D eigenvalue weighted by Gasteiger charge is 2.42. The van der Waals surface area contributed by atoms with Gasteiger partial charge < -0.3 is 10.4 Å². The third kappa shape index (κ3) is 3.39. The summed E-state index contributed by atoms with van der Waals surface area (Å²) in [7, 11) is 0. The molecule has 24 heavy (non-hydrogen) atoms. The molecule has 1 amide bonds. The van der Waals surface area contributed by atoms with Crippen LogP contribution in [0.15, 0.2) is 12.1 Å². The van der Waals surface area contributed by atoms with E-state index in [0.29, 0.717) is 29.9 Å². The summed E-state index contributed by atoms with van der Waals surface area (Å²) in [5.74, 6) is -1.20. The second-order valence-corrected chi connectivity index (χ2v) is 6.73. The number of carboxylic acids is 1. The van der Waals surface area contributed by atoms with Crippen LogP contribution in [0.3, 0.4) is 0 Å². The maximum atomic E-state index is 12.6. The molecule has 0 aromatic heterocycles. The van der Waals surface area contributed by atoms with E-state index < -0.39 is 22.3 Å². The van der Waals surface area contributed by atoms with Crippen molar-refractivity contribution in [3.63, 3.8) is 0 Å². The van der Waals surface area contributed by atoms with E-state index in [4.69, 9.17) is 0 Å². The standard InChI is InChI=1S/C17H22N2O5/c1-10-4-6-17(7-5-10,16(21)22)18-15(20)13-9-14(19(23)24)12(3)8-11(13)2/h8-10H,4-7H2,1-3H3,(H,18,20)(H,21,22). The molecule has 1 aromatic rings. The van der Waals surface area contributed by atoms with E-state index >= 15 is 0 Å². The number of nitro groups is 1. The van der Waals surface area contributed by atoms with Gasteiger partial charge in [0.25, 0.3) is 11.6 Å². The lowest BCUT2D eigenvalue weighted by molar-refractivity contribution is -0.385. The normalized spacial score (nSPS) is 23.5. The van der Waals surface area contributed by atoms with E-state index in [9.17, 15) is 24.8 Å². The van der Waals surface area contributed by atoms with Gasteiger partial charge in [0.1, 0.15) is 5.54 Å². The molecule has 1 aliphatic carbocycles. The number of rotatable bonds is 4. The van der Waals surface area contributed by atoms with Crippen LogP contribution in [0.2, 0.25) is 0 Å². The van der Waals surface area contributed by atoms with E-state index in [0.717, 1.165) is 12.8 Å². The molecule has 130 valence electrons. The van der Waals surface area contributed by atoms with Crippen LogP contribution in [0.1, 0.15) is 54.1 Å². The Morgan fingerprint density at radius 3 is 2.33 bits per heavy atom. The average molecular weight is 334 g/mol. The fourth-order valence-corrected chi connectivity index (χ4v) is 3.21. The van der Waals surface area contributed by atoms with E-state index in [1.54, 1.807) is 19.9 Å². The molecule has 0 bridgehead atoms. The van der Waals surface area contributed by atoms with Crippen molar-refractivity contribution in [1.29, 1.82) is 0 Å². The number of aryl methyl sites for hydroxylation is 2. The molecular formula is C17H22N2O5. The third-order valence-corrected chi connectivity index (χ3v) is 4.87. The van der Waals surface area contributed by atoms with Crippen LogP contribution in [-0.4, -0.2) is 27.4 Å². The molecule has 1 aliphatic rings. The summed E-state index contributed by atoms with van der Waals surface area (Å²) in [5, 5.41) is 23.3. The van der Waals surface area contributed by atoms with Crippen molar-refractivity contribution in [2.75, 3.05) is 0 Å². The minimum absolute atomic E-state index is 0.145. The summed E-state index contributed by atoms with van der Waals surface area (Å²) in [6.07, 6.45) is 2.17. The molecule has 0 radical (unpaired) electrons. The molecule has 0 unspecified atom stereocenters. The molecule has 2 N–H and O–H groups in total. The zero-order valence-electron chi connectivity index (χ0n) is 14.1. The van der Waals surface area contributed by atoms with Crippen molar-refractivity contribution in [1.82, 2.24) is 5.32 Å². The van der Waals surface area contributed by atoms with Crippen LogP contribution < -0.4 is 5.32 Å². The van der Waals surface area contributed by atoms with Gasteiger partial charge in [-0.1, -0.05) is 6.92 Å². The first-order valence-electron chi connectivity index (χ1n) is 7.98. The highest BCUT2D eigenvalue weighted by Crippen LogP contribution is 2.33. The number of carbonyl (C=O) groups excluding carboxylic acids is 1. The number of aliphatic carboxylic acids is 1. The van der Waals surface area contributed by atoms with Crippen LogP contribution in [0.25, 0.3) is 0 Å². The van der Waals surface area contributed by atoms with Gasteiger partial charge in [-0.25, -0.2) is 4.79 Å². The molecule has 0 saturated heterocycles. The van der Waals surface area contributed by atoms with E-state index in [2.05, 4.69) is 12.2 Å². The van der Waals surface area contributed by atoms with Crippen molar-refractivity contribution < 1.29 is 19.6 Å².